The molecule has 2 aliphatic heterocycles. The van der Waals surface area contributed by atoms with Crippen LogP contribution in [0.2, 0.25) is 0 Å². The summed E-state index contributed by atoms with van der Waals surface area (Å²) < 4.78 is 0. The van der Waals surface area contributed by atoms with E-state index in [1.807, 2.05) is 0 Å². The molecular weight excluding hydrogens is 432 g/mol. The minimum atomic E-state index is -0.430. The van der Waals surface area contributed by atoms with Crippen molar-refractivity contribution in [3.8, 4) is 24.7 Å². The van der Waals surface area contributed by atoms with Gasteiger partial charge in [0.1, 0.15) is 0 Å². The van der Waals surface area contributed by atoms with Crippen molar-refractivity contribution in [2.45, 2.75) is 12.8 Å². The molecule has 0 spiro atoms. The third kappa shape index (κ3) is 3.94. The maximum atomic E-state index is 13.2. The number of carbonyl (C=O) groups is 4. The quantitative estimate of drug-likeness (QED) is 0.317. The average Bonchev–Trinajstić information content (AvgIpc) is 2.84. The number of nitrogens with one attached hydrogen (secondary N) is 2. The summed E-state index contributed by atoms with van der Waals surface area (Å²) in [5.41, 5.74) is 1.28. The van der Waals surface area contributed by atoms with E-state index in [9.17, 15) is 19.2 Å². The van der Waals surface area contributed by atoms with E-state index in [0.29, 0.717) is 72.0 Å². The predicted octanol–water partition coefficient (Wildman–Crippen LogP) is 1.26. The van der Waals surface area contributed by atoms with Gasteiger partial charge in [0.05, 0.1) is 13.1 Å². The van der Waals surface area contributed by atoms with Crippen LogP contribution in [-0.2, 0) is 0 Å². The van der Waals surface area contributed by atoms with Crippen LogP contribution in [0.3, 0.4) is 0 Å². The first-order chi connectivity index (χ1) is 16.5. The Morgan fingerprint density at radius 2 is 0.941 bits per heavy atom. The summed E-state index contributed by atoms with van der Waals surface area (Å²) in [6, 6.07) is 6.29. The van der Waals surface area contributed by atoms with Crippen LogP contribution in [0.5, 0.6) is 0 Å². The van der Waals surface area contributed by atoms with E-state index < -0.39 is 23.6 Å². The molecular formula is C26H24N4O4. The molecule has 0 radical (unpaired) electrons. The number of nitrogens with zero attached hydrogens (tertiary/aromatic N) is 2. The molecule has 4 amide bonds. The lowest BCUT2D eigenvalue weighted by atomic mass is 9.86. The number of terminal acetylenes is 2. The Kier molecular flexibility index (Phi) is 6.74. The van der Waals surface area contributed by atoms with Crippen molar-refractivity contribution in [2.24, 2.45) is 0 Å². The molecule has 2 aromatic carbocycles. The molecule has 0 bridgehead atoms. The number of hydrogen-bond acceptors (Lipinski definition) is 6. The van der Waals surface area contributed by atoms with Crippen LogP contribution in [-0.4, -0.2) is 72.7 Å². The summed E-state index contributed by atoms with van der Waals surface area (Å²) in [7, 11) is 0. The van der Waals surface area contributed by atoms with Gasteiger partial charge in [-0.2, -0.15) is 0 Å². The fourth-order valence-corrected chi connectivity index (χ4v) is 4.43. The van der Waals surface area contributed by atoms with Crippen molar-refractivity contribution >= 4 is 34.4 Å². The normalized spacial score (nSPS) is 14.5. The lowest BCUT2D eigenvalue weighted by Gasteiger charge is -2.32. The maximum Gasteiger partial charge on any atom is 0.261 e. The number of imide groups is 2. The van der Waals surface area contributed by atoms with Crippen molar-refractivity contribution in [3.05, 3.63) is 46.5 Å². The van der Waals surface area contributed by atoms with E-state index >= 15 is 0 Å². The van der Waals surface area contributed by atoms with Gasteiger partial charge in [0.2, 0.25) is 0 Å². The Morgan fingerprint density at radius 1 is 0.618 bits per heavy atom. The van der Waals surface area contributed by atoms with Gasteiger partial charge in [0.25, 0.3) is 23.6 Å². The summed E-state index contributed by atoms with van der Waals surface area (Å²) in [6.45, 7) is 2.43. The van der Waals surface area contributed by atoms with Crippen molar-refractivity contribution in [3.63, 3.8) is 0 Å². The Labute approximate surface area is 197 Å². The van der Waals surface area contributed by atoms with E-state index in [1.165, 1.54) is 9.80 Å². The zero-order valence-electron chi connectivity index (χ0n) is 18.6. The van der Waals surface area contributed by atoms with Gasteiger partial charge in [-0.25, -0.2) is 0 Å². The molecule has 0 aromatic heterocycles. The molecule has 8 nitrogen and oxygen atoms in total. The molecule has 2 N–H and O–H groups in total. The Bertz CT molecular complexity index is 1120. The van der Waals surface area contributed by atoms with E-state index in [4.69, 9.17) is 12.8 Å². The van der Waals surface area contributed by atoms with Gasteiger partial charge in [0, 0.05) is 46.1 Å². The smallest absolute Gasteiger partial charge is 0.261 e. The molecule has 172 valence electrons. The molecule has 0 atom stereocenters. The summed E-state index contributed by atoms with van der Waals surface area (Å²) in [5, 5.41) is 6.82. The highest BCUT2D eigenvalue weighted by Crippen LogP contribution is 2.37. The maximum absolute atomic E-state index is 13.2. The van der Waals surface area contributed by atoms with Crippen LogP contribution in [0.15, 0.2) is 24.3 Å². The highest BCUT2D eigenvalue weighted by Gasteiger charge is 2.39. The molecule has 0 saturated carbocycles. The third-order valence-corrected chi connectivity index (χ3v) is 5.99. The monoisotopic (exact) mass is 456 g/mol. The molecule has 34 heavy (non-hydrogen) atoms. The van der Waals surface area contributed by atoms with Gasteiger partial charge in [-0.3, -0.25) is 29.0 Å². The van der Waals surface area contributed by atoms with E-state index in [-0.39, 0.29) is 13.1 Å². The molecule has 0 unspecified atom stereocenters. The number of carbonyl (C=O) groups excluding carboxylic acids is 4. The highest BCUT2D eigenvalue weighted by atomic mass is 16.2. The van der Waals surface area contributed by atoms with Crippen LogP contribution in [0.1, 0.15) is 54.3 Å². The van der Waals surface area contributed by atoms with E-state index in [1.54, 1.807) is 24.3 Å². The molecule has 4 rings (SSSR count). The predicted molar refractivity (Wildman–Crippen MR) is 127 cm³/mol. The highest BCUT2D eigenvalue weighted by molar-refractivity contribution is 6.33. The zero-order valence-corrected chi connectivity index (χ0v) is 18.6. The number of benzene rings is 2. The van der Waals surface area contributed by atoms with Gasteiger partial charge < -0.3 is 10.6 Å². The van der Waals surface area contributed by atoms with Gasteiger partial charge >= 0.3 is 0 Å². The summed E-state index contributed by atoms with van der Waals surface area (Å²) in [4.78, 5) is 55.1. The van der Waals surface area contributed by atoms with Gasteiger partial charge in [-0.1, -0.05) is 11.8 Å². The van der Waals surface area contributed by atoms with Gasteiger partial charge in [0.15, 0.2) is 0 Å². The van der Waals surface area contributed by atoms with Crippen LogP contribution < -0.4 is 10.6 Å². The molecule has 2 heterocycles. The van der Waals surface area contributed by atoms with Crippen LogP contribution in [0.4, 0.5) is 0 Å². The van der Waals surface area contributed by atoms with E-state index in [2.05, 4.69) is 22.5 Å². The molecule has 0 fully saturated rings. The molecule has 0 saturated heterocycles. The van der Waals surface area contributed by atoms with Crippen LogP contribution in [0.25, 0.3) is 10.8 Å². The SMILES string of the molecule is C#CCNCCCN1C(=O)c2ccc3c4c(ccc(c24)C1=O)C(=O)N(CCCNCC#C)C3=O. The molecule has 0 aliphatic carbocycles. The molecule has 8 heteroatoms. The topological polar surface area (TPSA) is 98.8 Å². The zero-order chi connectivity index (χ0) is 24.2. The summed E-state index contributed by atoms with van der Waals surface area (Å²) >= 11 is 0. The lowest BCUT2D eigenvalue weighted by Crippen LogP contribution is -2.44. The van der Waals surface area contributed by atoms with Crippen molar-refractivity contribution in [1.82, 2.24) is 20.4 Å². The minimum absolute atomic E-state index is 0.235. The number of hydrogen-bond donors (Lipinski definition) is 2. The Hall–Kier alpha value is -3.98. The first-order valence-electron chi connectivity index (χ1n) is 11.1. The minimum Gasteiger partial charge on any atom is -0.306 e. The van der Waals surface area contributed by atoms with Crippen LogP contribution >= 0.6 is 0 Å². The van der Waals surface area contributed by atoms with Crippen molar-refractivity contribution < 1.29 is 19.2 Å². The van der Waals surface area contributed by atoms with Crippen molar-refractivity contribution in [2.75, 3.05) is 39.3 Å². The van der Waals surface area contributed by atoms with Gasteiger partial charge in [-0.15, -0.1) is 12.8 Å². The molecule has 2 aromatic rings. The standard InChI is InChI=1S/C26H24N4O4/c1-3-11-27-13-5-15-29-23(31)17-7-9-19-22-20(10-8-18(21(17)22)24(29)32)26(34)30(25(19)33)16-6-14-28-12-4-2/h1-2,7-10,27-28H,5-6,11-16H2. The van der Waals surface area contributed by atoms with Crippen molar-refractivity contribution in [1.29, 1.82) is 0 Å². The first kappa shape index (κ1) is 23.2. The average molecular weight is 457 g/mol. The Balaban J connectivity index is 1.63. The number of rotatable bonds is 10. The first-order valence-corrected chi connectivity index (χ1v) is 11.1. The fraction of sp³-hybridized carbons (Fsp3) is 0.308. The van der Waals surface area contributed by atoms with Crippen LogP contribution in [0, 0.1) is 24.7 Å². The summed E-state index contributed by atoms with van der Waals surface area (Å²) in [5.74, 6) is 3.23. The second kappa shape index (κ2) is 9.88. The van der Waals surface area contributed by atoms with E-state index in [0.717, 1.165) is 0 Å². The second-order valence-corrected chi connectivity index (χ2v) is 8.06. The Morgan fingerprint density at radius 3 is 1.24 bits per heavy atom. The van der Waals surface area contributed by atoms with Gasteiger partial charge in [-0.05, 0) is 50.2 Å². The summed E-state index contributed by atoms with van der Waals surface area (Å²) in [6.07, 6.45) is 11.5. The fourth-order valence-electron chi connectivity index (χ4n) is 4.43. The lowest BCUT2D eigenvalue weighted by molar-refractivity contribution is 0.0587. The largest absolute Gasteiger partial charge is 0.306 e. The third-order valence-electron chi connectivity index (χ3n) is 5.99. The number of amides is 4. The molecule has 2 aliphatic rings. The second-order valence-electron chi connectivity index (χ2n) is 8.06.